The van der Waals surface area contributed by atoms with E-state index in [-0.39, 0.29) is 36.4 Å². The Bertz CT molecular complexity index is 1760. The number of hydrazine groups is 1. The van der Waals surface area contributed by atoms with Crippen molar-refractivity contribution in [2.45, 2.75) is 68.5 Å². The number of fused-ring (bicyclic) bond motifs is 1. The Balaban J connectivity index is 1.72. The number of amides is 1. The number of hydrogen-bond donors (Lipinski definition) is 2. The number of aliphatic imine (C=N–C) groups is 1. The lowest BCUT2D eigenvalue weighted by molar-refractivity contribution is -0.625. The molecule has 1 amide bonds. The van der Waals surface area contributed by atoms with Crippen molar-refractivity contribution < 1.29 is 37.2 Å². The van der Waals surface area contributed by atoms with Crippen molar-refractivity contribution in [3.05, 3.63) is 76.3 Å². The van der Waals surface area contributed by atoms with Gasteiger partial charge in [-0.25, -0.2) is 10.1 Å². The first-order valence-electron chi connectivity index (χ1n) is 15.9. The molecule has 1 aliphatic carbocycles. The number of benzene rings is 3. The third-order valence-electron chi connectivity index (χ3n) is 8.34. The fourth-order valence-electron chi connectivity index (χ4n) is 5.91. The molecule has 0 unspecified atom stereocenters. The maximum absolute atomic E-state index is 14.5. The van der Waals surface area contributed by atoms with E-state index in [9.17, 15) is 28.1 Å². The molecule has 15 nitrogen and oxygen atoms in total. The Morgan fingerprint density at radius 3 is 2.24 bits per heavy atom. The van der Waals surface area contributed by atoms with Gasteiger partial charge in [0.2, 0.25) is 0 Å². The number of nitro groups is 1. The molecule has 0 aliphatic heterocycles. The lowest BCUT2D eigenvalue weighted by atomic mass is 9.93. The van der Waals surface area contributed by atoms with Gasteiger partial charge in [-0.2, -0.15) is 8.42 Å². The van der Waals surface area contributed by atoms with Crippen LogP contribution in [0.3, 0.4) is 0 Å². The highest BCUT2D eigenvalue weighted by Crippen LogP contribution is 2.34. The van der Waals surface area contributed by atoms with Crippen molar-refractivity contribution in [1.29, 1.82) is 0 Å². The molecule has 16 heteroatoms. The van der Waals surface area contributed by atoms with E-state index in [1.165, 1.54) is 37.3 Å². The summed E-state index contributed by atoms with van der Waals surface area (Å²) in [5.74, 6) is -1.10. The molecular weight excluding hydrogens is 656 g/mol. The summed E-state index contributed by atoms with van der Waals surface area (Å²) in [6.45, 7) is -0.565. The van der Waals surface area contributed by atoms with E-state index in [0.717, 1.165) is 24.8 Å². The van der Waals surface area contributed by atoms with Crippen LogP contribution < -0.4 is 20.9 Å². The molecule has 0 heterocycles. The first-order chi connectivity index (χ1) is 23.5. The summed E-state index contributed by atoms with van der Waals surface area (Å²) in [7, 11) is -2.07. The van der Waals surface area contributed by atoms with E-state index in [1.54, 1.807) is 36.4 Å². The largest absolute Gasteiger partial charge is 0.493 e. The zero-order valence-corrected chi connectivity index (χ0v) is 28.3. The Labute approximate surface area is 285 Å². The Morgan fingerprint density at radius 2 is 1.63 bits per heavy atom. The number of hydrogen-bond acceptors (Lipinski definition) is 10. The van der Waals surface area contributed by atoms with E-state index in [0.29, 0.717) is 35.1 Å². The summed E-state index contributed by atoms with van der Waals surface area (Å²) >= 11 is 0. The predicted molar refractivity (Wildman–Crippen MR) is 182 cm³/mol. The van der Waals surface area contributed by atoms with Crippen LogP contribution in [-0.4, -0.2) is 80.0 Å². The smallest absolute Gasteiger partial charge is 0.325 e. The molecule has 4 N–H and O–H groups in total. The fourth-order valence-corrected chi connectivity index (χ4v) is 7.34. The summed E-state index contributed by atoms with van der Waals surface area (Å²) in [6.07, 6.45) is 3.26. The van der Waals surface area contributed by atoms with Crippen molar-refractivity contribution in [2.75, 3.05) is 27.3 Å². The van der Waals surface area contributed by atoms with Crippen molar-refractivity contribution in [1.82, 2.24) is 9.31 Å². The van der Waals surface area contributed by atoms with Gasteiger partial charge in [-0.05, 0) is 66.3 Å². The second-order valence-corrected chi connectivity index (χ2v) is 13.4. The lowest BCUT2D eigenvalue weighted by Gasteiger charge is -2.36. The SMILES string of the molecule is COc1cc2ccc(S(=O)(=O)N([C@@H](CCCN=C(N)N)C(=O)N(CC(=O)OCc3ccccc3)C3CCCCC3)[N+](=O)[O-])cc2cc1OC. The number of esters is 1. The minimum absolute atomic E-state index is 0.0160. The Kier molecular flexibility index (Phi) is 12.6. The van der Waals surface area contributed by atoms with E-state index in [4.69, 9.17) is 25.7 Å². The number of rotatable bonds is 16. The van der Waals surface area contributed by atoms with Gasteiger partial charge in [0.05, 0.1) is 19.1 Å². The average Bonchev–Trinajstić information content (AvgIpc) is 3.10. The van der Waals surface area contributed by atoms with Crippen LogP contribution in [0.1, 0.15) is 50.5 Å². The van der Waals surface area contributed by atoms with Crippen molar-refractivity contribution in [3.8, 4) is 11.5 Å². The highest BCUT2D eigenvalue weighted by atomic mass is 32.2. The number of carbonyl (C=O) groups excluding carboxylic acids is 2. The predicted octanol–water partition coefficient (Wildman–Crippen LogP) is 3.37. The summed E-state index contributed by atoms with van der Waals surface area (Å²) in [5.41, 5.74) is 11.6. The first-order valence-corrected chi connectivity index (χ1v) is 17.3. The van der Waals surface area contributed by atoms with Gasteiger partial charge < -0.3 is 30.6 Å². The molecule has 3 aromatic rings. The van der Waals surface area contributed by atoms with Crippen molar-refractivity contribution in [3.63, 3.8) is 0 Å². The average molecular weight is 699 g/mol. The summed E-state index contributed by atoms with van der Waals surface area (Å²) < 4.78 is 44.4. The monoisotopic (exact) mass is 698 g/mol. The minimum atomic E-state index is -4.95. The van der Waals surface area contributed by atoms with Crippen LogP contribution in [0.25, 0.3) is 10.8 Å². The molecule has 1 fully saturated rings. The maximum atomic E-state index is 14.5. The van der Waals surface area contributed by atoms with Gasteiger partial charge in [0, 0.05) is 17.0 Å². The number of sulfonamides is 1. The van der Waals surface area contributed by atoms with Crippen LogP contribution in [0, 0.1) is 10.1 Å². The standard InChI is InChI=1S/C33H42N6O9S/c1-46-29-19-24-15-16-27(18-25(24)20-30(29)47-2)49(44,45)38(39(42)43)28(14-9-17-36-33(34)35)32(41)37(26-12-7-4-8-13-26)21-31(40)48-22-23-10-5-3-6-11-23/h3,5-6,10-11,15-16,18-20,26,28H,4,7-9,12-14,17,21-22H2,1-2H3,(H4,34,35,36)/t28-/m0/s1. The third kappa shape index (κ3) is 9.28. The van der Waals surface area contributed by atoms with Crippen LogP contribution in [-0.2, 0) is 31.0 Å². The van der Waals surface area contributed by atoms with Gasteiger partial charge in [-0.15, -0.1) is 0 Å². The summed E-state index contributed by atoms with van der Waals surface area (Å²) in [5, 5.41) is 12.6. The van der Waals surface area contributed by atoms with E-state index in [2.05, 4.69) is 4.99 Å². The molecule has 4 rings (SSSR count). The van der Waals surface area contributed by atoms with E-state index in [1.807, 2.05) is 6.07 Å². The first kappa shape index (κ1) is 36.7. The van der Waals surface area contributed by atoms with Gasteiger partial charge >= 0.3 is 16.0 Å². The van der Waals surface area contributed by atoms with Crippen LogP contribution in [0.15, 0.2) is 70.6 Å². The molecule has 0 aromatic heterocycles. The topological polar surface area (TPSA) is 210 Å². The zero-order chi connectivity index (χ0) is 35.6. The number of nitrogens with zero attached hydrogens (tertiary/aromatic N) is 4. The molecule has 0 spiro atoms. The quantitative estimate of drug-likeness (QED) is 0.0553. The van der Waals surface area contributed by atoms with Gasteiger partial charge in [0.15, 0.2) is 28.5 Å². The fraction of sp³-hybridized carbons (Fsp3) is 0.424. The molecule has 0 saturated heterocycles. The van der Waals surface area contributed by atoms with Gasteiger partial charge in [-0.1, -0.05) is 55.7 Å². The van der Waals surface area contributed by atoms with Gasteiger partial charge in [-0.3, -0.25) is 14.6 Å². The summed E-state index contributed by atoms with van der Waals surface area (Å²) in [4.78, 5) is 45.0. The number of guanidine groups is 1. The van der Waals surface area contributed by atoms with Gasteiger partial charge in [0.25, 0.3) is 5.91 Å². The molecule has 1 atom stereocenters. The maximum Gasteiger partial charge on any atom is 0.325 e. The zero-order valence-electron chi connectivity index (χ0n) is 27.5. The van der Waals surface area contributed by atoms with Crippen LogP contribution >= 0.6 is 0 Å². The summed E-state index contributed by atoms with van der Waals surface area (Å²) in [6, 6.07) is 13.9. The number of nitrogens with two attached hydrogens (primary N) is 2. The number of carbonyl (C=O) groups is 2. The minimum Gasteiger partial charge on any atom is -0.493 e. The second kappa shape index (κ2) is 16.8. The highest BCUT2D eigenvalue weighted by Gasteiger charge is 2.46. The molecular formula is C33H42N6O9S. The molecule has 0 bridgehead atoms. The molecule has 1 saturated carbocycles. The number of ether oxygens (including phenoxy) is 3. The van der Waals surface area contributed by atoms with E-state index < -0.39 is 50.5 Å². The van der Waals surface area contributed by atoms with Crippen molar-refractivity contribution >= 4 is 38.6 Å². The molecule has 1 aliphatic rings. The molecule has 0 radical (unpaired) electrons. The van der Waals surface area contributed by atoms with Crippen LogP contribution in [0.4, 0.5) is 0 Å². The molecule has 49 heavy (non-hydrogen) atoms. The second-order valence-electron chi connectivity index (χ2n) is 11.6. The molecule has 3 aromatic carbocycles. The van der Waals surface area contributed by atoms with E-state index >= 15 is 0 Å². The Hall–Kier alpha value is -5.12. The van der Waals surface area contributed by atoms with Crippen LogP contribution in [0.2, 0.25) is 0 Å². The van der Waals surface area contributed by atoms with Gasteiger partial charge in [0.1, 0.15) is 13.2 Å². The molecule has 264 valence electrons. The lowest BCUT2D eigenvalue weighted by Crippen LogP contribution is -2.56. The highest BCUT2D eigenvalue weighted by molar-refractivity contribution is 7.89. The van der Waals surface area contributed by atoms with Crippen molar-refractivity contribution in [2.24, 2.45) is 16.5 Å². The number of methoxy groups -OCH3 is 2. The Morgan fingerprint density at radius 1 is 0.980 bits per heavy atom. The van der Waals surface area contributed by atoms with Crippen LogP contribution in [0.5, 0.6) is 11.5 Å². The normalized spacial score (nSPS) is 14.0. The third-order valence-corrected chi connectivity index (χ3v) is 10.1.